The summed E-state index contributed by atoms with van der Waals surface area (Å²) >= 11 is 1.50. The largest absolute Gasteiger partial charge is 0.496 e. The SMILES string of the molecule is COc1csc(C(=O)C2CCCCC2)c1. The zero-order valence-corrected chi connectivity index (χ0v) is 9.81. The van der Waals surface area contributed by atoms with E-state index in [0.29, 0.717) is 5.78 Å². The van der Waals surface area contributed by atoms with Crippen molar-refractivity contribution in [2.24, 2.45) is 5.92 Å². The Hall–Kier alpha value is -0.830. The summed E-state index contributed by atoms with van der Waals surface area (Å²) in [5, 5.41) is 1.90. The van der Waals surface area contributed by atoms with Gasteiger partial charge in [-0.3, -0.25) is 4.79 Å². The van der Waals surface area contributed by atoms with Gasteiger partial charge < -0.3 is 4.74 Å². The molecular formula is C12H16O2S. The van der Waals surface area contributed by atoms with Gasteiger partial charge in [0.05, 0.1) is 12.0 Å². The lowest BCUT2D eigenvalue weighted by atomic mass is 9.86. The van der Waals surface area contributed by atoms with Gasteiger partial charge in [-0.05, 0) is 12.8 Å². The topological polar surface area (TPSA) is 26.3 Å². The monoisotopic (exact) mass is 224 g/mol. The number of carbonyl (C=O) groups excluding carboxylic acids is 1. The third-order valence-electron chi connectivity index (χ3n) is 3.03. The van der Waals surface area contributed by atoms with E-state index >= 15 is 0 Å². The van der Waals surface area contributed by atoms with Crippen LogP contribution < -0.4 is 4.74 Å². The van der Waals surface area contributed by atoms with E-state index in [1.54, 1.807) is 7.11 Å². The predicted octanol–water partition coefficient (Wildman–Crippen LogP) is 3.52. The molecule has 1 aliphatic carbocycles. The van der Waals surface area contributed by atoms with Crippen LogP contribution >= 0.6 is 11.3 Å². The summed E-state index contributed by atoms with van der Waals surface area (Å²) in [7, 11) is 1.64. The molecule has 2 rings (SSSR count). The molecule has 0 amide bonds. The predicted molar refractivity (Wildman–Crippen MR) is 61.8 cm³/mol. The van der Waals surface area contributed by atoms with Gasteiger partial charge in [-0.15, -0.1) is 11.3 Å². The minimum absolute atomic E-state index is 0.266. The van der Waals surface area contributed by atoms with Gasteiger partial charge in [-0.1, -0.05) is 19.3 Å². The zero-order valence-electron chi connectivity index (χ0n) is 8.99. The minimum atomic E-state index is 0.266. The number of thiophene rings is 1. The minimum Gasteiger partial charge on any atom is -0.496 e. The Labute approximate surface area is 94.3 Å². The van der Waals surface area contributed by atoms with Crippen molar-refractivity contribution < 1.29 is 9.53 Å². The van der Waals surface area contributed by atoms with Gasteiger partial charge in [-0.2, -0.15) is 0 Å². The van der Waals surface area contributed by atoms with E-state index in [0.717, 1.165) is 23.5 Å². The lowest BCUT2D eigenvalue weighted by Gasteiger charge is -2.19. The maximum absolute atomic E-state index is 12.1. The highest BCUT2D eigenvalue weighted by Gasteiger charge is 2.23. The van der Waals surface area contributed by atoms with Crippen molar-refractivity contribution >= 4 is 17.1 Å². The maximum atomic E-state index is 12.1. The molecule has 1 aromatic heterocycles. The van der Waals surface area contributed by atoms with Gasteiger partial charge in [-0.25, -0.2) is 0 Å². The molecule has 0 radical (unpaired) electrons. The van der Waals surface area contributed by atoms with Crippen molar-refractivity contribution in [1.29, 1.82) is 0 Å². The van der Waals surface area contributed by atoms with Crippen molar-refractivity contribution in [2.75, 3.05) is 7.11 Å². The normalized spacial score (nSPS) is 17.7. The first kappa shape index (κ1) is 10.7. The molecule has 2 nitrogen and oxygen atoms in total. The van der Waals surface area contributed by atoms with Crippen LogP contribution in [0.25, 0.3) is 0 Å². The van der Waals surface area contributed by atoms with E-state index in [-0.39, 0.29) is 5.92 Å². The number of methoxy groups -OCH3 is 1. The Morgan fingerprint density at radius 1 is 1.40 bits per heavy atom. The third kappa shape index (κ3) is 2.40. The standard InChI is InChI=1S/C12H16O2S/c1-14-10-7-11(15-8-10)12(13)9-5-3-2-4-6-9/h7-9H,2-6H2,1H3. The van der Waals surface area contributed by atoms with Gasteiger partial charge >= 0.3 is 0 Å². The van der Waals surface area contributed by atoms with Gasteiger partial charge in [0.25, 0.3) is 0 Å². The number of ether oxygens (including phenoxy) is 1. The summed E-state index contributed by atoms with van der Waals surface area (Å²) in [4.78, 5) is 12.9. The first-order valence-corrected chi connectivity index (χ1v) is 6.36. The quantitative estimate of drug-likeness (QED) is 0.734. The average molecular weight is 224 g/mol. The Balaban J connectivity index is 2.05. The van der Waals surface area contributed by atoms with Crippen LogP contribution in [0.2, 0.25) is 0 Å². The number of hydrogen-bond donors (Lipinski definition) is 0. The van der Waals surface area contributed by atoms with Crippen LogP contribution in [0.1, 0.15) is 41.8 Å². The summed E-state index contributed by atoms with van der Waals surface area (Å²) in [6.45, 7) is 0. The highest BCUT2D eigenvalue weighted by molar-refractivity contribution is 7.12. The van der Waals surface area contributed by atoms with Crippen LogP contribution in [0, 0.1) is 5.92 Å². The average Bonchev–Trinajstić information content (AvgIpc) is 2.78. The molecule has 15 heavy (non-hydrogen) atoms. The molecule has 0 aromatic carbocycles. The maximum Gasteiger partial charge on any atom is 0.175 e. The van der Waals surface area contributed by atoms with Crippen LogP contribution in [0.15, 0.2) is 11.4 Å². The molecule has 1 aromatic rings. The summed E-state index contributed by atoms with van der Waals surface area (Å²) in [6, 6.07) is 1.86. The smallest absolute Gasteiger partial charge is 0.175 e. The second-order valence-corrected chi connectivity index (χ2v) is 4.96. The summed E-state index contributed by atoms with van der Waals surface area (Å²) < 4.78 is 5.09. The number of ketones is 1. The summed E-state index contributed by atoms with van der Waals surface area (Å²) in [5.74, 6) is 1.39. The Bertz CT molecular complexity index is 337. The number of rotatable bonds is 3. The van der Waals surface area contributed by atoms with Crippen molar-refractivity contribution in [3.63, 3.8) is 0 Å². The van der Waals surface area contributed by atoms with Crippen LogP contribution in [0.4, 0.5) is 0 Å². The molecule has 0 spiro atoms. The molecule has 0 saturated heterocycles. The van der Waals surface area contributed by atoms with Gasteiger partial charge in [0.1, 0.15) is 5.75 Å². The lowest BCUT2D eigenvalue weighted by molar-refractivity contribution is 0.0893. The number of Topliss-reactive ketones (excluding diaryl/α,β-unsaturated/α-hetero) is 1. The van der Waals surface area contributed by atoms with E-state index in [4.69, 9.17) is 4.74 Å². The van der Waals surface area contributed by atoms with Gasteiger partial charge in [0, 0.05) is 17.4 Å². The molecule has 0 bridgehead atoms. The van der Waals surface area contributed by atoms with E-state index in [2.05, 4.69) is 0 Å². The van der Waals surface area contributed by atoms with Crippen LogP contribution in [-0.4, -0.2) is 12.9 Å². The number of hydrogen-bond acceptors (Lipinski definition) is 3. The molecule has 1 fully saturated rings. The molecule has 1 heterocycles. The van der Waals surface area contributed by atoms with Gasteiger partial charge in [0.15, 0.2) is 5.78 Å². The van der Waals surface area contributed by atoms with Crippen molar-refractivity contribution in [1.82, 2.24) is 0 Å². The summed E-state index contributed by atoms with van der Waals surface area (Å²) in [5.41, 5.74) is 0. The fourth-order valence-electron chi connectivity index (χ4n) is 2.12. The van der Waals surface area contributed by atoms with Crippen LogP contribution in [0.5, 0.6) is 5.75 Å². The molecule has 0 unspecified atom stereocenters. The highest BCUT2D eigenvalue weighted by Crippen LogP contribution is 2.30. The second kappa shape index (κ2) is 4.79. The molecule has 82 valence electrons. The lowest BCUT2D eigenvalue weighted by Crippen LogP contribution is -2.16. The molecule has 0 N–H and O–H groups in total. The van der Waals surface area contributed by atoms with E-state index in [9.17, 15) is 4.79 Å². The summed E-state index contributed by atoms with van der Waals surface area (Å²) in [6.07, 6.45) is 5.84. The van der Waals surface area contributed by atoms with Crippen LogP contribution in [-0.2, 0) is 0 Å². The highest BCUT2D eigenvalue weighted by atomic mass is 32.1. The molecule has 0 atom stereocenters. The third-order valence-corrected chi connectivity index (χ3v) is 3.95. The fraction of sp³-hybridized carbons (Fsp3) is 0.583. The Morgan fingerprint density at radius 2 is 2.13 bits per heavy atom. The number of carbonyl (C=O) groups is 1. The van der Waals surface area contributed by atoms with Crippen molar-refractivity contribution in [2.45, 2.75) is 32.1 Å². The van der Waals surface area contributed by atoms with E-state index in [1.165, 1.54) is 30.6 Å². The Kier molecular flexibility index (Phi) is 3.41. The zero-order chi connectivity index (χ0) is 10.7. The Morgan fingerprint density at radius 3 is 2.73 bits per heavy atom. The van der Waals surface area contributed by atoms with E-state index < -0.39 is 0 Å². The molecule has 1 saturated carbocycles. The molecular weight excluding hydrogens is 208 g/mol. The first-order valence-electron chi connectivity index (χ1n) is 5.48. The molecule has 0 aliphatic heterocycles. The van der Waals surface area contributed by atoms with Gasteiger partial charge in [0.2, 0.25) is 0 Å². The van der Waals surface area contributed by atoms with Crippen LogP contribution in [0.3, 0.4) is 0 Å². The molecule has 1 aliphatic rings. The first-order chi connectivity index (χ1) is 7.31. The van der Waals surface area contributed by atoms with Crippen molar-refractivity contribution in [3.8, 4) is 5.75 Å². The van der Waals surface area contributed by atoms with Crippen molar-refractivity contribution in [3.05, 3.63) is 16.3 Å². The fourth-order valence-corrected chi connectivity index (χ4v) is 3.00. The second-order valence-electron chi connectivity index (χ2n) is 4.05. The molecule has 3 heteroatoms. The van der Waals surface area contributed by atoms with E-state index in [1.807, 2.05) is 11.4 Å².